The number of sulfonamides is 1. The minimum Gasteiger partial charge on any atom is -0.310 e. The Morgan fingerprint density at radius 2 is 2.19 bits per heavy atom. The van der Waals surface area contributed by atoms with Crippen molar-refractivity contribution in [1.29, 1.82) is 0 Å². The van der Waals surface area contributed by atoms with Gasteiger partial charge in [0.05, 0.1) is 4.90 Å². The van der Waals surface area contributed by atoms with E-state index in [1.54, 1.807) is 23.9 Å². The summed E-state index contributed by atoms with van der Waals surface area (Å²) in [5.41, 5.74) is 1.03. The molecule has 2 atom stereocenters. The van der Waals surface area contributed by atoms with Gasteiger partial charge in [-0.25, -0.2) is 13.1 Å². The van der Waals surface area contributed by atoms with Crippen molar-refractivity contribution >= 4 is 21.8 Å². The van der Waals surface area contributed by atoms with Gasteiger partial charge >= 0.3 is 0 Å². The van der Waals surface area contributed by atoms with Gasteiger partial charge in [-0.3, -0.25) is 0 Å². The fourth-order valence-corrected chi connectivity index (χ4v) is 5.14. The van der Waals surface area contributed by atoms with Crippen LogP contribution in [0.15, 0.2) is 29.2 Å². The maximum Gasteiger partial charge on any atom is 0.240 e. The molecule has 1 aliphatic rings. The molecule has 0 aliphatic carbocycles. The molecule has 21 heavy (non-hydrogen) atoms. The molecule has 6 heteroatoms. The lowest BCUT2D eigenvalue weighted by atomic mass is 10.0. The van der Waals surface area contributed by atoms with Crippen molar-refractivity contribution in [3.8, 4) is 0 Å². The number of nitrogens with one attached hydrogen (secondary N) is 2. The molecule has 0 aromatic heterocycles. The Morgan fingerprint density at radius 1 is 1.38 bits per heavy atom. The molecule has 0 saturated carbocycles. The lowest BCUT2D eigenvalue weighted by Gasteiger charge is -2.18. The predicted molar refractivity (Wildman–Crippen MR) is 89.2 cm³/mol. The van der Waals surface area contributed by atoms with Gasteiger partial charge in [-0.15, -0.1) is 0 Å². The molecular weight excluding hydrogens is 304 g/mol. The second kappa shape index (κ2) is 7.63. The maximum atomic E-state index is 12.5. The Bertz CT molecular complexity index is 555. The van der Waals surface area contributed by atoms with Crippen LogP contribution in [0.1, 0.15) is 38.3 Å². The molecule has 0 bridgehead atoms. The molecule has 2 N–H and O–H groups in total. The highest BCUT2D eigenvalue weighted by Gasteiger charge is 2.23. The minimum absolute atomic E-state index is 0.0689. The molecule has 1 heterocycles. The molecule has 0 radical (unpaired) electrons. The molecule has 0 spiro atoms. The standard InChI is InChI=1S/C15H24N2O2S2/c1-3-15(16-4-2)12-6-5-7-14(10-12)21(18,19)17-13-8-9-20-11-13/h5-7,10,13,15-17H,3-4,8-9,11H2,1-2H3. The summed E-state index contributed by atoms with van der Waals surface area (Å²) in [5, 5.41) is 3.38. The van der Waals surface area contributed by atoms with Gasteiger partial charge in [0.2, 0.25) is 10.0 Å². The van der Waals surface area contributed by atoms with E-state index in [9.17, 15) is 8.42 Å². The molecule has 1 aromatic carbocycles. The van der Waals surface area contributed by atoms with Crippen LogP contribution in [0.4, 0.5) is 0 Å². The smallest absolute Gasteiger partial charge is 0.240 e. The fraction of sp³-hybridized carbons (Fsp3) is 0.600. The van der Waals surface area contributed by atoms with E-state index in [1.807, 2.05) is 12.1 Å². The first-order chi connectivity index (χ1) is 10.1. The molecule has 2 rings (SSSR count). The number of hydrogen-bond acceptors (Lipinski definition) is 4. The third-order valence-electron chi connectivity index (χ3n) is 3.68. The van der Waals surface area contributed by atoms with Crippen molar-refractivity contribution in [2.45, 2.75) is 43.7 Å². The predicted octanol–water partition coefficient (Wildman–Crippen LogP) is 2.53. The number of rotatable bonds is 7. The number of hydrogen-bond donors (Lipinski definition) is 2. The first-order valence-electron chi connectivity index (χ1n) is 7.50. The van der Waals surface area contributed by atoms with E-state index >= 15 is 0 Å². The van der Waals surface area contributed by atoms with Crippen LogP contribution in [0.25, 0.3) is 0 Å². The molecule has 1 aromatic rings. The van der Waals surface area contributed by atoms with Crippen LogP contribution < -0.4 is 10.0 Å². The van der Waals surface area contributed by atoms with Gasteiger partial charge in [0.25, 0.3) is 0 Å². The molecular formula is C15H24N2O2S2. The normalized spacial score (nSPS) is 20.6. The average Bonchev–Trinajstić information content (AvgIpc) is 2.97. The van der Waals surface area contributed by atoms with Crippen LogP contribution in [0, 0.1) is 0 Å². The van der Waals surface area contributed by atoms with E-state index in [0.29, 0.717) is 4.90 Å². The van der Waals surface area contributed by atoms with Gasteiger partial charge in [-0.05, 0) is 42.8 Å². The third kappa shape index (κ3) is 4.45. The monoisotopic (exact) mass is 328 g/mol. The summed E-state index contributed by atoms with van der Waals surface area (Å²) in [6.07, 6.45) is 1.85. The highest BCUT2D eigenvalue weighted by atomic mass is 32.2. The first kappa shape index (κ1) is 16.8. The second-order valence-corrected chi connectivity index (χ2v) is 8.14. The van der Waals surface area contributed by atoms with E-state index in [2.05, 4.69) is 23.9 Å². The van der Waals surface area contributed by atoms with Crippen LogP contribution in [-0.2, 0) is 10.0 Å². The van der Waals surface area contributed by atoms with Crippen molar-refractivity contribution in [2.24, 2.45) is 0 Å². The lowest BCUT2D eigenvalue weighted by molar-refractivity contribution is 0.535. The molecule has 0 amide bonds. The molecule has 118 valence electrons. The van der Waals surface area contributed by atoms with Crippen LogP contribution in [0.2, 0.25) is 0 Å². The van der Waals surface area contributed by atoms with Crippen LogP contribution >= 0.6 is 11.8 Å². The maximum absolute atomic E-state index is 12.5. The third-order valence-corrected chi connectivity index (χ3v) is 6.36. The Labute approximate surface area is 132 Å². The Hall–Kier alpha value is -0.560. The lowest BCUT2D eigenvalue weighted by Crippen LogP contribution is -2.34. The largest absolute Gasteiger partial charge is 0.310 e. The highest BCUT2D eigenvalue weighted by molar-refractivity contribution is 7.99. The Kier molecular flexibility index (Phi) is 6.10. The van der Waals surface area contributed by atoms with Gasteiger partial charge < -0.3 is 5.32 Å². The summed E-state index contributed by atoms with van der Waals surface area (Å²) < 4.78 is 27.8. The van der Waals surface area contributed by atoms with Crippen molar-refractivity contribution in [3.63, 3.8) is 0 Å². The molecule has 4 nitrogen and oxygen atoms in total. The van der Waals surface area contributed by atoms with Gasteiger partial charge in [0.15, 0.2) is 0 Å². The summed E-state index contributed by atoms with van der Waals surface area (Å²) in [4.78, 5) is 0.369. The van der Waals surface area contributed by atoms with E-state index in [-0.39, 0.29) is 12.1 Å². The van der Waals surface area contributed by atoms with Gasteiger partial charge in [-0.1, -0.05) is 26.0 Å². The summed E-state index contributed by atoms with van der Waals surface area (Å²) in [5.74, 6) is 1.90. The number of thioether (sulfide) groups is 1. The van der Waals surface area contributed by atoms with E-state index in [1.165, 1.54) is 0 Å². The van der Waals surface area contributed by atoms with Crippen molar-refractivity contribution < 1.29 is 8.42 Å². The molecule has 1 aliphatic heterocycles. The van der Waals surface area contributed by atoms with E-state index in [4.69, 9.17) is 0 Å². The van der Waals surface area contributed by atoms with Crippen LogP contribution in [0.3, 0.4) is 0 Å². The zero-order valence-corrected chi connectivity index (χ0v) is 14.3. The van der Waals surface area contributed by atoms with E-state index < -0.39 is 10.0 Å². The zero-order chi connectivity index (χ0) is 15.3. The SMILES string of the molecule is CCNC(CC)c1cccc(S(=O)(=O)NC2CCSC2)c1. The minimum atomic E-state index is -3.41. The van der Waals surface area contributed by atoms with Gasteiger partial charge in [0.1, 0.15) is 0 Å². The summed E-state index contributed by atoms with van der Waals surface area (Å²) in [6.45, 7) is 5.03. The highest BCUT2D eigenvalue weighted by Crippen LogP contribution is 2.22. The first-order valence-corrected chi connectivity index (χ1v) is 10.1. The van der Waals surface area contributed by atoms with Crippen LogP contribution in [-0.4, -0.2) is 32.5 Å². The molecule has 2 unspecified atom stereocenters. The Morgan fingerprint density at radius 3 is 2.81 bits per heavy atom. The van der Waals surface area contributed by atoms with E-state index in [0.717, 1.165) is 36.5 Å². The quantitative estimate of drug-likeness (QED) is 0.807. The zero-order valence-electron chi connectivity index (χ0n) is 12.6. The molecule has 1 fully saturated rings. The fourth-order valence-electron chi connectivity index (χ4n) is 2.56. The Balaban J connectivity index is 2.18. The summed E-state index contributed by atoms with van der Waals surface area (Å²) in [7, 11) is -3.41. The molecule has 1 saturated heterocycles. The van der Waals surface area contributed by atoms with Crippen molar-refractivity contribution in [2.75, 3.05) is 18.1 Å². The number of benzene rings is 1. The van der Waals surface area contributed by atoms with Gasteiger partial charge in [0, 0.05) is 17.8 Å². The summed E-state index contributed by atoms with van der Waals surface area (Å²) >= 11 is 1.80. The van der Waals surface area contributed by atoms with Crippen molar-refractivity contribution in [3.05, 3.63) is 29.8 Å². The van der Waals surface area contributed by atoms with Crippen molar-refractivity contribution in [1.82, 2.24) is 10.0 Å². The average molecular weight is 329 g/mol. The summed E-state index contributed by atoms with van der Waals surface area (Å²) in [6, 6.07) is 7.55. The van der Waals surface area contributed by atoms with Crippen LogP contribution in [0.5, 0.6) is 0 Å². The van der Waals surface area contributed by atoms with Gasteiger partial charge in [-0.2, -0.15) is 11.8 Å². The second-order valence-electron chi connectivity index (χ2n) is 5.27. The topological polar surface area (TPSA) is 58.2 Å².